The summed E-state index contributed by atoms with van der Waals surface area (Å²) in [5.74, 6) is 0. The summed E-state index contributed by atoms with van der Waals surface area (Å²) in [5.41, 5.74) is 7.33. The lowest BCUT2D eigenvalue weighted by Gasteiger charge is -2.20. The van der Waals surface area contributed by atoms with Gasteiger partial charge in [0.15, 0.2) is 0 Å². The van der Waals surface area contributed by atoms with Crippen LogP contribution in [0.15, 0.2) is 18.3 Å². The molecule has 2 nitrogen and oxygen atoms in total. The van der Waals surface area contributed by atoms with Crippen LogP contribution in [0.1, 0.15) is 19.5 Å². The molecule has 0 aromatic carbocycles. The van der Waals surface area contributed by atoms with E-state index < -0.39 is 0 Å². The van der Waals surface area contributed by atoms with Crippen molar-refractivity contribution < 1.29 is 0 Å². The van der Waals surface area contributed by atoms with E-state index in [0.717, 1.165) is 11.4 Å². The van der Waals surface area contributed by atoms with Crippen LogP contribution in [0.4, 0.5) is 5.69 Å². The van der Waals surface area contributed by atoms with E-state index in [1.165, 1.54) is 0 Å². The highest BCUT2D eigenvalue weighted by atomic mass is 32.2. The molecule has 0 atom stereocenters. The van der Waals surface area contributed by atoms with Gasteiger partial charge in [0.25, 0.3) is 0 Å². The lowest BCUT2D eigenvalue weighted by molar-refractivity contribution is 0.750. The normalized spacial score (nSPS) is 11.6. The summed E-state index contributed by atoms with van der Waals surface area (Å²) < 4.78 is 0.0771. The van der Waals surface area contributed by atoms with Gasteiger partial charge in [0.1, 0.15) is 0 Å². The summed E-state index contributed by atoms with van der Waals surface area (Å²) in [6.45, 7) is 4.30. The Kier molecular flexibility index (Phi) is 2.62. The van der Waals surface area contributed by atoms with E-state index in [-0.39, 0.29) is 4.75 Å². The summed E-state index contributed by atoms with van der Waals surface area (Å²) in [4.78, 5) is 4.27. The number of nitrogen functional groups attached to an aromatic ring is 1. The zero-order valence-corrected chi connectivity index (χ0v) is 8.48. The van der Waals surface area contributed by atoms with Crippen LogP contribution >= 0.6 is 11.8 Å². The third-order valence-electron chi connectivity index (χ3n) is 1.91. The van der Waals surface area contributed by atoms with Crippen molar-refractivity contribution in [2.75, 3.05) is 12.0 Å². The van der Waals surface area contributed by atoms with Crippen molar-refractivity contribution in [3.05, 3.63) is 24.0 Å². The van der Waals surface area contributed by atoms with Gasteiger partial charge in [0.2, 0.25) is 0 Å². The van der Waals surface area contributed by atoms with Crippen molar-refractivity contribution in [3.8, 4) is 0 Å². The number of hydrogen-bond donors (Lipinski definition) is 1. The van der Waals surface area contributed by atoms with Gasteiger partial charge >= 0.3 is 0 Å². The quantitative estimate of drug-likeness (QED) is 0.762. The van der Waals surface area contributed by atoms with E-state index in [9.17, 15) is 0 Å². The standard InChI is InChI=1S/C9H14N2S/c1-9(2,12-3)8-5-4-7(10)6-11-8/h4-6H,10H2,1-3H3. The van der Waals surface area contributed by atoms with Crippen molar-refractivity contribution in [1.29, 1.82) is 0 Å². The van der Waals surface area contributed by atoms with Crippen LogP contribution < -0.4 is 5.73 Å². The van der Waals surface area contributed by atoms with Gasteiger partial charge < -0.3 is 5.73 Å². The number of hydrogen-bond acceptors (Lipinski definition) is 3. The molecule has 1 aromatic heterocycles. The molecule has 1 aromatic rings. The lowest BCUT2D eigenvalue weighted by Crippen LogP contribution is -2.13. The minimum Gasteiger partial charge on any atom is -0.397 e. The van der Waals surface area contributed by atoms with Crippen molar-refractivity contribution in [2.24, 2.45) is 0 Å². The zero-order chi connectivity index (χ0) is 9.19. The zero-order valence-electron chi connectivity index (χ0n) is 7.66. The van der Waals surface area contributed by atoms with Crippen LogP contribution in [0.5, 0.6) is 0 Å². The molecule has 12 heavy (non-hydrogen) atoms. The fourth-order valence-electron chi connectivity index (χ4n) is 0.866. The molecule has 2 N–H and O–H groups in total. The molecule has 0 radical (unpaired) electrons. The summed E-state index contributed by atoms with van der Waals surface area (Å²) in [7, 11) is 0. The highest BCUT2D eigenvalue weighted by molar-refractivity contribution is 7.99. The van der Waals surface area contributed by atoms with Gasteiger partial charge in [0.05, 0.1) is 22.3 Å². The molecule has 0 amide bonds. The number of thioether (sulfide) groups is 1. The fraction of sp³-hybridized carbons (Fsp3) is 0.444. The molecule has 0 aliphatic carbocycles. The third-order valence-corrected chi connectivity index (χ3v) is 3.14. The Morgan fingerprint density at radius 1 is 1.42 bits per heavy atom. The first-order valence-corrected chi connectivity index (χ1v) is 5.06. The van der Waals surface area contributed by atoms with Gasteiger partial charge in [-0.15, -0.1) is 0 Å². The Hall–Kier alpha value is -0.700. The van der Waals surface area contributed by atoms with Crippen LogP contribution in [-0.4, -0.2) is 11.2 Å². The second-order valence-electron chi connectivity index (χ2n) is 3.19. The van der Waals surface area contributed by atoms with Gasteiger partial charge in [-0.1, -0.05) is 0 Å². The molecule has 0 aliphatic rings. The SMILES string of the molecule is CSC(C)(C)c1ccc(N)cn1. The van der Waals surface area contributed by atoms with E-state index in [2.05, 4.69) is 25.1 Å². The van der Waals surface area contributed by atoms with E-state index >= 15 is 0 Å². The predicted molar refractivity (Wildman–Crippen MR) is 55.2 cm³/mol. The maximum absolute atomic E-state index is 5.54. The van der Waals surface area contributed by atoms with Gasteiger partial charge in [-0.25, -0.2) is 0 Å². The molecule has 1 heterocycles. The molecule has 0 unspecified atom stereocenters. The van der Waals surface area contributed by atoms with Crippen molar-refractivity contribution in [3.63, 3.8) is 0 Å². The number of nitrogens with zero attached hydrogens (tertiary/aromatic N) is 1. The molecular weight excluding hydrogens is 168 g/mol. The third kappa shape index (κ3) is 1.91. The molecule has 0 fully saturated rings. The molecule has 1 rings (SSSR count). The van der Waals surface area contributed by atoms with Crippen molar-refractivity contribution >= 4 is 17.4 Å². The van der Waals surface area contributed by atoms with Crippen molar-refractivity contribution in [1.82, 2.24) is 4.98 Å². The average molecular weight is 182 g/mol. The predicted octanol–water partition coefficient (Wildman–Crippen LogP) is 2.26. The van der Waals surface area contributed by atoms with Crippen molar-refractivity contribution in [2.45, 2.75) is 18.6 Å². The molecule has 0 aliphatic heterocycles. The van der Waals surface area contributed by atoms with E-state index in [1.54, 1.807) is 18.0 Å². The molecule has 66 valence electrons. The number of aromatic nitrogens is 1. The molecule has 0 spiro atoms. The van der Waals surface area contributed by atoms with Gasteiger partial charge in [-0.05, 0) is 32.2 Å². The number of pyridine rings is 1. The number of rotatable bonds is 2. The summed E-state index contributed by atoms with van der Waals surface area (Å²) >= 11 is 1.78. The van der Waals surface area contributed by atoms with E-state index in [1.807, 2.05) is 12.1 Å². The topological polar surface area (TPSA) is 38.9 Å². The number of anilines is 1. The first-order valence-electron chi connectivity index (χ1n) is 3.83. The summed E-state index contributed by atoms with van der Waals surface area (Å²) in [6.07, 6.45) is 3.78. The van der Waals surface area contributed by atoms with Crippen LogP contribution in [0.25, 0.3) is 0 Å². The molecule has 0 bridgehead atoms. The Bertz CT molecular complexity index is 254. The Morgan fingerprint density at radius 2 is 2.08 bits per heavy atom. The van der Waals surface area contributed by atoms with Gasteiger partial charge in [0, 0.05) is 0 Å². The molecular formula is C9H14N2S. The van der Waals surface area contributed by atoms with Crippen LogP contribution in [0.2, 0.25) is 0 Å². The van der Waals surface area contributed by atoms with Gasteiger partial charge in [-0.3, -0.25) is 4.98 Å². The van der Waals surface area contributed by atoms with Crippen LogP contribution in [0.3, 0.4) is 0 Å². The maximum Gasteiger partial charge on any atom is 0.0560 e. The fourth-order valence-corrected chi connectivity index (χ4v) is 1.20. The first kappa shape index (κ1) is 9.39. The minimum absolute atomic E-state index is 0.0771. The highest BCUT2D eigenvalue weighted by Gasteiger charge is 2.19. The Labute approximate surface area is 77.6 Å². The molecule has 0 saturated carbocycles. The number of nitrogens with two attached hydrogens (primary N) is 1. The minimum atomic E-state index is 0.0771. The van der Waals surface area contributed by atoms with Crippen LogP contribution in [0, 0.1) is 0 Å². The van der Waals surface area contributed by atoms with E-state index in [0.29, 0.717) is 0 Å². The first-order chi connectivity index (χ1) is 5.56. The smallest absolute Gasteiger partial charge is 0.0560 e. The molecule has 0 saturated heterocycles. The van der Waals surface area contributed by atoms with Gasteiger partial charge in [-0.2, -0.15) is 11.8 Å². The average Bonchev–Trinajstić information content (AvgIpc) is 2.05. The largest absolute Gasteiger partial charge is 0.397 e. The molecule has 3 heteroatoms. The Morgan fingerprint density at radius 3 is 2.50 bits per heavy atom. The summed E-state index contributed by atoms with van der Waals surface area (Å²) in [6, 6.07) is 3.87. The second-order valence-corrected chi connectivity index (χ2v) is 4.62. The summed E-state index contributed by atoms with van der Waals surface area (Å²) in [5, 5.41) is 0. The van der Waals surface area contributed by atoms with E-state index in [4.69, 9.17) is 5.73 Å². The lowest BCUT2D eigenvalue weighted by atomic mass is 10.1. The maximum atomic E-state index is 5.54. The Balaban J connectivity index is 2.96. The highest BCUT2D eigenvalue weighted by Crippen LogP contribution is 2.31. The second kappa shape index (κ2) is 3.35. The monoisotopic (exact) mass is 182 g/mol. The van der Waals surface area contributed by atoms with Crippen LogP contribution in [-0.2, 0) is 4.75 Å².